The first-order valence-corrected chi connectivity index (χ1v) is 6.22. The van der Waals surface area contributed by atoms with Crippen LogP contribution in [-0.4, -0.2) is 37.2 Å². The molecule has 18 heavy (non-hydrogen) atoms. The van der Waals surface area contributed by atoms with Gasteiger partial charge in [-0.15, -0.1) is 0 Å². The molecule has 1 fully saturated rings. The Morgan fingerprint density at radius 1 is 1.22 bits per heavy atom. The zero-order valence-corrected chi connectivity index (χ0v) is 10.2. The van der Waals surface area contributed by atoms with Crippen LogP contribution in [0, 0.1) is 11.6 Å². The van der Waals surface area contributed by atoms with Crippen LogP contribution in [0.15, 0.2) is 18.2 Å². The molecule has 1 unspecified atom stereocenters. The molecule has 1 aromatic carbocycles. The zero-order valence-electron chi connectivity index (χ0n) is 10.2. The lowest BCUT2D eigenvalue weighted by molar-refractivity contribution is 0.164. The maximum absolute atomic E-state index is 13.0. The first-order chi connectivity index (χ1) is 8.70. The normalized spacial score (nSPS) is 17.9. The van der Waals surface area contributed by atoms with E-state index in [2.05, 4.69) is 4.90 Å². The van der Waals surface area contributed by atoms with Crippen LogP contribution in [-0.2, 0) is 0 Å². The summed E-state index contributed by atoms with van der Waals surface area (Å²) >= 11 is 0. The van der Waals surface area contributed by atoms with Crippen LogP contribution in [0.4, 0.5) is 8.78 Å². The fraction of sp³-hybridized carbons (Fsp3) is 0.538. The monoisotopic (exact) mass is 256 g/mol. The second-order valence-corrected chi connectivity index (χ2v) is 4.52. The summed E-state index contributed by atoms with van der Waals surface area (Å²) < 4.78 is 31.2. The van der Waals surface area contributed by atoms with E-state index in [1.165, 1.54) is 18.9 Å². The van der Waals surface area contributed by atoms with Gasteiger partial charge in [0.1, 0.15) is 12.4 Å². The quantitative estimate of drug-likeness (QED) is 0.872. The summed E-state index contributed by atoms with van der Waals surface area (Å²) in [5.74, 6) is -1.42. The van der Waals surface area contributed by atoms with Gasteiger partial charge in [-0.2, -0.15) is 0 Å². The predicted octanol–water partition coefficient (Wildman–Crippen LogP) is 1.77. The molecule has 0 bridgehead atoms. The van der Waals surface area contributed by atoms with E-state index in [0.29, 0.717) is 18.9 Å². The summed E-state index contributed by atoms with van der Waals surface area (Å²) in [6.45, 7) is 2.97. The molecule has 0 saturated carbocycles. The number of likely N-dealkylation sites (tertiary alicyclic amines) is 1. The number of nitrogens with zero attached hydrogens (tertiary/aromatic N) is 1. The Hall–Kier alpha value is -1.20. The summed E-state index contributed by atoms with van der Waals surface area (Å²) in [6, 6.07) is 3.70. The molecule has 2 N–H and O–H groups in total. The van der Waals surface area contributed by atoms with Gasteiger partial charge in [0.25, 0.3) is 0 Å². The average molecular weight is 256 g/mol. The minimum Gasteiger partial charge on any atom is -0.492 e. The highest BCUT2D eigenvalue weighted by Crippen LogP contribution is 2.17. The first kappa shape index (κ1) is 13.2. The van der Waals surface area contributed by atoms with Crippen LogP contribution in [0.25, 0.3) is 0 Å². The number of nitrogens with two attached hydrogens (primary N) is 1. The molecule has 3 nitrogen and oxygen atoms in total. The van der Waals surface area contributed by atoms with Gasteiger partial charge < -0.3 is 10.5 Å². The lowest BCUT2D eigenvalue weighted by atomic mass is 10.2. The van der Waals surface area contributed by atoms with E-state index in [-0.39, 0.29) is 6.04 Å². The number of halogens is 2. The molecule has 0 amide bonds. The van der Waals surface area contributed by atoms with Crippen LogP contribution in [0.3, 0.4) is 0 Å². The number of hydrogen-bond donors (Lipinski definition) is 1. The van der Waals surface area contributed by atoms with Crippen molar-refractivity contribution in [3.05, 3.63) is 29.8 Å². The highest BCUT2D eigenvalue weighted by Gasteiger charge is 2.21. The van der Waals surface area contributed by atoms with E-state index in [9.17, 15) is 8.78 Å². The van der Waals surface area contributed by atoms with Gasteiger partial charge in [0.05, 0.1) is 6.04 Å². The maximum atomic E-state index is 13.0. The van der Waals surface area contributed by atoms with Crippen molar-refractivity contribution in [2.75, 3.05) is 26.2 Å². The van der Waals surface area contributed by atoms with E-state index < -0.39 is 11.6 Å². The predicted molar refractivity (Wildman–Crippen MR) is 65.5 cm³/mol. The second-order valence-electron chi connectivity index (χ2n) is 4.52. The van der Waals surface area contributed by atoms with Crippen LogP contribution >= 0.6 is 0 Å². The minimum atomic E-state index is -0.891. The van der Waals surface area contributed by atoms with E-state index in [4.69, 9.17) is 10.5 Å². The summed E-state index contributed by atoms with van der Waals surface area (Å²) in [7, 11) is 0. The molecule has 5 heteroatoms. The van der Waals surface area contributed by atoms with Crippen molar-refractivity contribution in [2.24, 2.45) is 5.73 Å². The Morgan fingerprint density at radius 3 is 2.56 bits per heavy atom. The molecule has 1 atom stereocenters. The first-order valence-electron chi connectivity index (χ1n) is 6.22. The smallest absolute Gasteiger partial charge is 0.162 e. The molecule has 1 aromatic rings. The fourth-order valence-corrected chi connectivity index (χ4v) is 2.19. The van der Waals surface area contributed by atoms with Crippen LogP contribution in [0.2, 0.25) is 0 Å². The molecular formula is C13H18F2N2O. The Kier molecular flexibility index (Phi) is 4.49. The van der Waals surface area contributed by atoms with Crippen molar-refractivity contribution in [3.8, 4) is 5.75 Å². The van der Waals surface area contributed by atoms with Gasteiger partial charge in [-0.3, -0.25) is 4.90 Å². The standard InChI is InChI=1S/C13H18F2N2O/c14-12-4-3-11(7-13(12)15)18-9-10(8-16)17-5-1-2-6-17/h3-4,7,10H,1-2,5-6,8-9,16H2. The Balaban J connectivity index is 1.90. The van der Waals surface area contributed by atoms with Crippen LogP contribution in [0.1, 0.15) is 12.8 Å². The number of hydrogen-bond acceptors (Lipinski definition) is 3. The SMILES string of the molecule is NCC(COc1ccc(F)c(F)c1)N1CCCC1. The lowest BCUT2D eigenvalue weighted by Gasteiger charge is -2.26. The van der Waals surface area contributed by atoms with E-state index in [0.717, 1.165) is 25.2 Å². The van der Waals surface area contributed by atoms with E-state index in [1.54, 1.807) is 0 Å². The van der Waals surface area contributed by atoms with Gasteiger partial charge in [0.15, 0.2) is 11.6 Å². The highest BCUT2D eigenvalue weighted by atomic mass is 19.2. The fourth-order valence-electron chi connectivity index (χ4n) is 2.19. The van der Waals surface area contributed by atoms with Crippen molar-refractivity contribution in [3.63, 3.8) is 0 Å². The second kappa shape index (κ2) is 6.11. The third-order valence-corrected chi connectivity index (χ3v) is 3.26. The van der Waals surface area contributed by atoms with Crippen molar-refractivity contribution >= 4 is 0 Å². The Morgan fingerprint density at radius 2 is 1.94 bits per heavy atom. The maximum Gasteiger partial charge on any atom is 0.162 e. The van der Waals surface area contributed by atoms with Crippen LogP contribution < -0.4 is 10.5 Å². The summed E-state index contributed by atoms with van der Waals surface area (Å²) in [4.78, 5) is 2.28. The highest BCUT2D eigenvalue weighted by molar-refractivity contribution is 5.23. The largest absolute Gasteiger partial charge is 0.492 e. The van der Waals surface area contributed by atoms with Gasteiger partial charge in [-0.05, 0) is 38.1 Å². The van der Waals surface area contributed by atoms with Crippen molar-refractivity contribution < 1.29 is 13.5 Å². The third kappa shape index (κ3) is 3.17. The van der Waals surface area contributed by atoms with E-state index >= 15 is 0 Å². The minimum absolute atomic E-state index is 0.139. The molecule has 0 aliphatic carbocycles. The zero-order chi connectivity index (χ0) is 13.0. The van der Waals surface area contributed by atoms with Gasteiger partial charge in [0.2, 0.25) is 0 Å². The molecule has 0 aromatic heterocycles. The molecule has 100 valence electrons. The summed E-state index contributed by atoms with van der Waals surface area (Å²) in [6.07, 6.45) is 2.36. The number of ether oxygens (including phenoxy) is 1. The van der Waals surface area contributed by atoms with Crippen molar-refractivity contribution in [1.29, 1.82) is 0 Å². The molecule has 1 saturated heterocycles. The number of benzene rings is 1. The molecular weight excluding hydrogens is 238 g/mol. The molecule has 0 spiro atoms. The summed E-state index contributed by atoms with van der Waals surface area (Å²) in [5, 5.41) is 0. The van der Waals surface area contributed by atoms with Crippen molar-refractivity contribution in [2.45, 2.75) is 18.9 Å². The third-order valence-electron chi connectivity index (χ3n) is 3.26. The number of rotatable bonds is 5. The van der Waals surface area contributed by atoms with Gasteiger partial charge in [-0.1, -0.05) is 0 Å². The van der Waals surface area contributed by atoms with Gasteiger partial charge in [-0.25, -0.2) is 8.78 Å². The topological polar surface area (TPSA) is 38.5 Å². The molecule has 0 radical (unpaired) electrons. The molecule has 1 aliphatic heterocycles. The molecule has 2 rings (SSSR count). The molecule has 1 heterocycles. The van der Waals surface area contributed by atoms with Gasteiger partial charge >= 0.3 is 0 Å². The van der Waals surface area contributed by atoms with Gasteiger partial charge in [0, 0.05) is 12.6 Å². The Labute approximate surface area is 106 Å². The summed E-state index contributed by atoms with van der Waals surface area (Å²) in [5.41, 5.74) is 5.72. The van der Waals surface area contributed by atoms with Crippen LogP contribution in [0.5, 0.6) is 5.75 Å². The van der Waals surface area contributed by atoms with E-state index in [1.807, 2.05) is 0 Å². The average Bonchev–Trinajstić information content (AvgIpc) is 2.88. The Bertz CT molecular complexity index is 395. The lowest BCUT2D eigenvalue weighted by Crippen LogP contribution is -2.42. The molecule has 1 aliphatic rings. The van der Waals surface area contributed by atoms with Crippen molar-refractivity contribution in [1.82, 2.24) is 4.90 Å².